The molecule has 0 aromatic rings. The van der Waals surface area contributed by atoms with Gasteiger partial charge in [0.2, 0.25) is 5.91 Å². The van der Waals surface area contributed by atoms with Crippen LogP contribution in [0.2, 0.25) is 0 Å². The molecule has 0 aromatic carbocycles. The quantitative estimate of drug-likeness (QED) is 0.590. The second-order valence-corrected chi connectivity index (χ2v) is 5.95. The van der Waals surface area contributed by atoms with Crippen molar-refractivity contribution >= 4 is 5.91 Å². The van der Waals surface area contributed by atoms with Gasteiger partial charge in [-0.3, -0.25) is 4.79 Å². The summed E-state index contributed by atoms with van der Waals surface area (Å²) in [6, 6.07) is 0.270. The van der Waals surface area contributed by atoms with Crippen LogP contribution < -0.4 is 10.6 Å². The van der Waals surface area contributed by atoms with E-state index >= 15 is 0 Å². The highest BCUT2D eigenvalue weighted by atomic mass is 16.3. The van der Waals surface area contributed by atoms with E-state index in [1.807, 2.05) is 13.8 Å². The highest BCUT2D eigenvalue weighted by Crippen LogP contribution is 2.17. The van der Waals surface area contributed by atoms with Crippen molar-refractivity contribution in [2.45, 2.75) is 70.9 Å². The molecular weight excluding hydrogens is 240 g/mol. The second kappa shape index (κ2) is 9.32. The average Bonchev–Trinajstić information content (AvgIpc) is 2.44. The maximum absolute atomic E-state index is 12.0. The summed E-state index contributed by atoms with van der Waals surface area (Å²) in [4.78, 5) is 12.0. The number of aliphatic hydroxyl groups excluding tert-OH is 1. The van der Waals surface area contributed by atoms with Crippen molar-refractivity contribution in [3.05, 3.63) is 0 Å². The summed E-state index contributed by atoms with van der Waals surface area (Å²) in [6.07, 6.45) is 8.06. The first-order valence-electron chi connectivity index (χ1n) is 7.78. The van der Waals surface area contributed by atoms with E-state index in [9.17, 15) is 4.79 Å². The van der Waals surface area contributed by atoms with Crippen molar-refractivity contribution < 1.29 is 9.90 Å². The molecule has 2 unspecified atom stereocenters. The lowest BCUT2D eigenvalue weighted by molar-refractivity contribution is -0.123. The largest absolute Gasteiger partial charge is 0.396 e. The van der Waals surface area contributed by atoms with Crippen LogP contribution in [0.5, 0.6) is 0 Å². The number of amides is 1. The first-order chi connectivity index (χ1) is 9.13. The summed E-state index contributed by atoms with van der Waals surface area (Å²) >= 11 is 0. The summed E-state index contributed by atoms with van der Waals surface area (Å²) in [5, 5.41) is 15.3. The average molecular weight is 270 g/mol. The zero-order valence-corrected chi connectivity index (χ0v) is 12.5. The molecule has 0 bridgehead atoms. The molecule has 4 heteroatoms. The maximum Gasteiger partial charge on any atom is 0.237 e. The van der Waals surface area contributed by atoms with Gasteiger partial charge in [-0.25, -0.2) is 0 Å². The van der Waals surface area contributed by atoms with Crippen molar-refractivity contribution in [3.8, 4) is 0 Å². The number of nitrogens with one attached hydrogen (secondary N) is 2. The summed E-state index contributed by atoms with van der Waals surface area (Å²) < 4.78 is 0. The SMILES string of the molecule is CC(CO)CCCNC(C)C(=O)NC1CCCCC1. The molecule has 0 heterocycles. The minimum Gasteiger partial charge on any atom is -0.396 e. The Morgan fingerprint density at radius 3 is 2.58 bits per heavy atom. The maximum atomic E-state index is 12.0. The van der Waals surface area contributed by atoms with E-state index in [1.54, 1.807) is 0 Å². The molecule has 1 fully saturated rings. The van der Waals surface area contributed by atoms with Crippen LogP contribution >= 0.6 is 0 Å². The fourth-order valence-electron chi connectivity index (χ4n) is 2.53. The Bertz CT molecular complexity index is 253. The molecule has 112 valence electrons. The van der Waals surface area contributed by atoms with E-state index in [2.05, 4.69) is 10.6 Å². The highest BCUT2D eigenvalue weighted by molar-refractivity contribution is 5.81. The smallest absolute Gasteiger partial charge is 0.237 e. The molecule has 0 spiro atoms. The van der Waals surface area contributed by atoms with Crippen LogP contribution in [-0.2, 0) is 4.79 Å². The van der Waals surface area contributed by atoms with Crippen LogP contribution in [0.1, 0.15) is 58.8 Å². The van der Waals surface area contributed by atoms with E-state index in [-0.39, 0.29) is 18.6 Å². The standard InChI is InChI=1S/C15H30N2O2/c1-12(11-18)7-6-10-16-13(2)15(19)17-14-8-4-3-5-9-14/h12-14,16,18H,3-11H2,1-2H3,(H,17,19). The van der Waals surface area contributed by atoms with E-state index in [1.165, 1.54) is 19.3 Å². The van der Waals surface area contributed by atoms with Crippen molar-refractivity contribution in [3.63, 3.8) is 0 Å². The van der Waals surface area contributed by atoms with Crippen LogP contribution in [0.3, 0.4) is 0 Å². The zero-order chi connectivity index (χ0) is 14.1. The van der Waals surface area contributed by atoms with E-state index in [0.29, 0.717) is 12.0 Å². The molecule has 1 rings (SSSR count). The van der Waals surface area contributed by atoms with Crippen LogP contribution in [-0.4, -0.2) is 36.2 Å². The van der Waals surface area contributed by atoms with Gasteiger partial charge >= 0.3 is 0 Å². The molecule has 1 amide bonds. The van der Waals surface area contributed by atoms with Crippen LogP contribution in [0.25, 0.3) is 0 Å². The van der Waals surface area contributed by atoms with Gasteiger partial charge < -0.3 is 15.7 Å². The van der Waals surface area contributed by atoms with Crippen molar-refractivity contribution in [2.75, 3.05) is 13.2 Å². The molecule has 1 aliphatic carbocycles. The van der Waals surface area contributed by atoms with Gasteiger partial charge in [-0.2, -0.15) is 0 Å². The molecule has 4 nitrogen and oxygen atoms in total. The van der Waals surface area contributed by atoms with Gasteiger partial charge in [0.1, 0.15) is 0 Å². The fourth-order valence-corrected chi connectivity index (χ4v) is 2.53. The Morgan fingerprint density at radius 1 is 1.26 bits per heavy atom. The third kappa shape index (κ3) is 6.92. The third-order valence-electron chi connectivity index (χ3n) is 3.98. The Hall–Kier alpha value is -0.610. The number of carbonyl (C=O) groups is 1. The van der Waals surface area contributed by atoms with Gasteiger partial charge in [-0.05, 0) is 45.1 Å². The molecule has 0 saturated heterocycles. The normalized spacial score (nSPS) is 19.9. The van der Waals surface area contributed by atoms with Crippen LogP contribution in [0, 0.1) is 5.92 Å². The molecule has 1 saturated carbocycles. The molecule has 19 heavy (non-hydrogen) atoms. The van der Waals surface area contributed by atoms with Crippen molar-refractivity contribution in [1.29, 1.82) is 0 Å². The second-order valence-electron chi connectivity index (χ2n) is 5.95. The van der Waals surface area contributed by atoms with Crippen molar-refractivity contribution in [2.24, 2.45) is 5.92 Å². The van der Waals surface area contributed by atoms with Gasteiger partial charge in [-0.15, -0.1) is 0 Å². The van der Waals surface area contributed by atoms with E-state index in [0.717, 1.165) is 32.2 Å². The highest BCUT2D eigenvalue weighted by Gasteiger charge is 2.18. The molecule has 0 aromatic heterocycles. The fraction of sp³-hybridized carbons (Fsp3) is 0.933. The van der Waals surface area contributed by atoms with Crippen LogP contribution in [0.15, 0.2) is 0 Å². The van der Waals surface area contributed by atoms with Gasteiger partial charge in [0.15, 0.2) is 0 Å². The van der Waals surface area contributed by atoms with Gasteiger partial charge in [0.05, 0.1) is 6.04 Å². The summed E-state index contributed by atoms with van der Waals surface area (Å²) in [5.41, 5.74) is 0. The predicted octanol–water partition coefficient (Wildman–Crippen LogP) is 1.82. The molecular formula is C15H30N2O2. The number of aliphatic hydroxyl groups is 1. The molecule has 2 atom stereocenters. The Balaban J connectivity index is 2.10. The summed E-state index contributed by atoms with van der Waals surface area (Å²) in [6.45, 7) is 5.05. The monoisotopic (exact) mass is 270 g/mol. The first-order valence-corrected chi connectivity index (χ1v) is 7.78. The molecule has 3 N–H and O–H groups in total. The van der Waals surface area contributed by atoms with E-state index in [4.69, 9.17) is 5.11 Å². The summed E-state index contributed by atoms with van der Waals surface area (Å²) in [5.74, 6) is 0.482. The van der Waals surface area contributed by atoms with Gasteiger partial charge in [0, 0.05) is 12.6 Å². The Labute approximate surface area is 117 Å². The summed E-state index contributed by atoms with van der Waals surface area (Å²) in [7, 11) is 0. The zero-order valence-electron chi connectivity index (χ0n) is 12.5. The minimum absolute atomic E-state index is 0.119. The topological polar surface area (TPSA) is 61.4 Å². The Morgan fingerprint density at radius 2 is 1.95 bits per heavy atom. The molecule has 1 aliphatic rings. The third-order valence-corrected chi connectivity index (χ3v) is 3.98. The number of hydrogen-bond acceptors (Lipinski definition) is 3. The first kappa shape index (κ1) is 16.4. The van der Waals surface area contributed by atoms with Crippen molar-refractivity contribution in [1.82, 2.24) is 10.6 Å². The van der Waals surface area contributed by atoms with Gasteiger partial charge in [-0.1, -0.05) is 26.2 Å². The molecule has 0 aliphatic heterocycles. The Kier molecular flexibility index (Phi) is 8.07. The lowest BCUT2D eigenvalue weighted by atomic mass is 9.95. The molecule has 0 radical (unpaired) electrons. The van der Waals surface area contributed by atoms with Gasteiger partial charge in [0.25, 0.3) is 0 Å². The predicted molar refractivity (Wildman–Crippen MR) is 78.0 cm³/mol. The number of hydrogen-bond donors (Lipinski definition) is 3. The minimum atomic E-state index is -0.119. The lowest BCUT2D eigenvalue weighted by Gasteiger charge is -2.24. The van der Waals surface area contributed by atoms with Crippen LogP contribution in [0.4, 0.5) is 0 Å². The number of rotatable bonds is 8. The number of carbonyl (C=O) groups excluding carboxylic acids is 1. The van der Waals surface area contributed by atoms with E-state index < -0.39 is 0 Å². The lowest BCUT2D eigenvalue weighted by Crippen LogP contribution is -2.47.